The minimum absolute atomic E-state index is 0.271. The van der Waals surface area contributed by atoms with Gasteiger partial charge in [-0.25, -0.2) is 0 Å². The Balaban J connectivity index is 1.95. The first-order valence-corrected chi connectivity index (χ1v) is 7.67. The number of aryl methyl sites for hydroxylation is 4. The molecule has 1 atom stereocenters. The van der Waals surface area contributed by atoms with Crippen LogP contribution in [-0.2, 0) is 19.4 Å². The minimum Gasteiger partial charge on any atom is -0.271 e. The van der Waals surface area contributed by atoms with E-state index in [4.69, 9.17) is 5.84 Å². The first kappa shape index (κ1) is 15.7. The van der Waals surface area contributed by atoms with Crippen molar-refractivity contribution in [1.82, 2.24) is 15.2 Å². The molecule has 0 aliphatic heterocycles. The number of nitrogens with one attached hydrogen (secondary N) is 1. The standard InChI is InChI=1S/C17H26N4/c1-4-21-17(11-14(3)20-21)12-16(19-18)10-9-15-7-5-13(2)6-8-15/h5-8,11,16,19H,4,9-10,12,18H2,1-3H3. The second-order valence-corrected chi connectivity index (χ2v) is 5.68. The van der Waals surface area contributed by atoms with E-state index in [0.29, 0.717) is 0 Å². The molecule has 4 heteroatoms. The van der Waals surface area contributed by atoms with Crippen molar-refractivity contribution < 1.29 is 0 Å². The fraction of sp³-hybridized carbons (Fsp3) is 0.471. The van der Waals surface area contributed by atoms with Gasteiger partial charge in [0.15, 0.2) is 0 Å². The van der Waals surface area contributed by atoms with Crippen molar-refractivity contribution in [1.29, 1.82) is 0 Å². The molecule has 114 valence electrons. The molecule has 4 nitrogen and oxygen atoms in total. The average molecular weight is 286 g/mol. The lowest BCUT2D eigenvalue weighted by Gasteiger charge is -2.16. The summed E-state index contributed by atoms with van der Waals surface area (Å²) in [7, 11) is 0. The number of hydrogen-bond donors (Lipinski definition) is 2. The van der Waals surface area contributed by atoms with Crippen molar-refractivity contribution in [2.75, 3.05) is 0 Å². The highest BCUT2D eigenvalue weighted by atomic mass is 15.3. The Kier molecular flexibility index (Phi) is 5.53. The molecule has 0 aliphatic carbocycles. The molecular weight excluding hydrogens is 260 g/mol. The third kappa shape index (κ3) is 4.41. The van der Waals surface area contributed by atoms with Gasteiger partial charge in [0.05, 0.1) is 5.69 Å². The number of hydrogen-bond acceptors (Lipinski definition) is 3. The molecule has 0 fully saturated rings. The Labute approximate surface area is 127 Å². The number of benzene rings is 1. The van der Waals surface area contributed by atoms with Crippen LogP contribution in [0.3, 0.4) is 0 Å². The van der Waals surface area contributed by atoms with Crippen LogP contribution in [0.25, 0.3) is 0 Å². The van der Waals surface area contributed by atoms with Crippen LogP contribution in [-0.4, -0.2) is 15.8 Å². The van der Waals surface area contributed by atoms with Crippen LogP contribution >= 0.6 is 0 Å². The summed E-state index contributed by atoms with van der Waals surface area (Å²) >= 11 is 0. The number of rotatable bonds is 7. The topological polar surface area (TPSA) is 55.9 Å². The largest absolute Gasteiger partial charge is 0.271 e. The Morgan fingerprint density at radius 1 is 1.24 bits per heavy atom. The zero-order chi connectivity index (χ0) is 15.2. The third-order valence-electron chi connectivity index (χ3n) is 3.88. The van der Waals surface area contributed by atoms with Crippen molar-refractivity contribution in [3.05, 3.63) is 52.8 Å². The SMILES string of the molecule is CCn1nc(C)cc1CC(CCc1ccc(C)cc1)NN. The van der Waals surface area contributed by atoms with Gasteiger partial charge in [-0.05, 0) is 45.2 Å². The highest BCUT2D eigenvalue weighted by Gasteiger charge is 2.12. The first-order chi connectivity index (χ1) is 10.1. The summed E-state index contributed by atoms with van der Waals surface area (Å²) in [5.41, 5.74) is 7.94. The Bertz CT molecular complexity index is 557. The zero-order valence-corrected chi connectivity index (χ0v) is 13.3. The highest BCUT2D eigenvalue weighted by Crippen LogP contribution is 2.12. The quantitative estimate of drug-likeness (QED) is 0.607. The number of nitrogens with two attached hydrogens (primary N) is 1. The molecular formula is C17H26N4. The molecule has 0 saturated carbocycles. The molecule has 0 spiro atoms. The van der Waals surface area contributed by atoms with Crippen molar-refractivity contribution in [2.24, 2.45) is 5.84 Å². The summed E-state index contributed by atoms with van der Waals surface area (Å²) in [6, 6.07) is 11.1. The van der Waals surface area contributed by atoms with E-state index in [0.717, 1.165) is 31.5 Å². The van der Waals surface area contributed by atoms with Gasteiger partial charge in [-0.1, -0.05) is 29.8 Å². The minimum atomic E-state index is 0.271. The van der Waals surface area contributed by atoms with Gasteiger partial charge in [0.2, 0.25) is 0 Å². The zero-order valence-electron chi connectivity index (χ0n) is 13.3. The maximum Gasteiger partial charge on any atom is 0.0596 e. The Morgan fingerprint density at radius 2 is 1.95 bits per heavy atom. The fourth-order valence-electron chi connectivity index (χ4n) is 2.63. The normalized spacial score (nSPS) is 12.6. The highest BCUT2D eigenvalue weighted by molar-refractivity contribution is 5.21. The van der Waals surface area contributed by atoms with E-state index in [1.807, 2.05) is 6.92 Å². The van der Waals surface area contributed by atoms with E-state index >= 15 is 0 Å². The van der Waals surface area contributed by atoms with Crippen LogP contribution in [0.2, 0.25) is 0 Å². The first-order valence-electron chi connectivity index (χ1n) is 7.67. The molecule has 21 heavy (non-hydrogen) atoms. The molecule has 2 aromatic rings. The van der Waals surface area contributed by atoms with Crippen LogP contribution in [0, 0.1) is 13.8 Å². The molecule has 0 aliphatic rings. The summed E-state index contributed by atoms with van der Waals surface area (Å²) in [5, 5.41) is 4.49. The summed E-state index contributed by atoms with van der Waals surface area (Å²) in [4.78, 5) is 0. The van der Waals surface area contributed by atoms with Gasteiger partial charge in [0.1, 0.15) is 0 Å². The molecule has 3 N–H and O–H groups in total. The maximum atomic E-state index is 5.73. The van der Waals surface area contributed by atoms with Crippen molar-refractivity contribution in [2.45, 2.75) is 52.6 Å². The van der Waals surface area contributed by atoms with Crippen LogP contribution in [0.1, 0.15) is 35.9 Å². The van der Waals surface area contributed by atoms with Gasteiger partial charge in [0.25, 0.3) is 0 Å². The molecule has 1 aromatic carbocycles. The molecule has 0 amide bonds. The lowest BCUT2D eigenvalue weighted by Crippen LogP contribution is -2.37. The fourth-order valence-corrected chi connectivity index (χ4v) is 2.63. The average Bonchev–Trinajstić information content (AvgIpc) is 2.85. The molecule has 0 saturated heterocycles. The van der Waals surface area contributed by atoms with Gasteiger partial charge in [-0.2, -0.15) is 5.10 Å². The monoisotopic (exact) mass is 286 g/mol. The van der Waals surface area contributed by atoms with Gasteiger partial charge < -0.3 is 0 Å². The molecule has 1 unspecified atom stereocenters. The van der Waals surface area contributed by atoms with E-state index in [1.54, 1.807) is 0 Å². The van der Waals surface area contributed by atoms with Crippen LogP contribution < -0.4 is 11.3 Å². The number of hydrazine groups is 1. The summed E-state index contributed by atoms with van der Waals surface area (Å²) in [5.74, 6) is 5.73. The molecule has 2 rings (SSSR count). The summed E-state index contributed by atoms with van der Waals surface area (Å²) < 4.78 is 2.06. The van der Waals surface area contributed by atoms with E-state index in [1.165, 1.54) is 16.8 Å². The molecule has 1 heterocycles. The van der Waals surface area contributed by atoms with Crippen molar-refractivity contribution >= 4 is 0 Å². The predicted molar refractivity (Wildman–Crippen MR) is 87.0 cm³/mol. The molecule has 1 aromatic heterocycles. The number of nitrogens with zero attached hydrogens (tertiary/aromatic N) is 2. The van der Waals surface area contributed by atoms with Gasteiger partial charge >= 0.3 is 0 Å². The second-order valence-electron chi connectivity index (χ2n) is 5.68. The van der Waals surface area contributed by atoms with Crippen molar-refractivity contribution in [3.63, 3.8) is 0 Å². The Hall–Kier alpha value is -1.65. The third-order valence-corrected chi connectivity index (χ3v) is 3.88. The second kappa shape index (κ2) is 7.38. The van der Waals surface area contributed by atoms with E-state index in [-0.39, 0.29) is 6.04 Å². The summed E-state index contributed by atoms with van der Waals surface area (Å²) in [6.07, 6.45) is 2.97. The molecule has 0 radical (unpaired) electrons. The van der Waals surface area contributed by atoms with Crippen LogP contribution in [0.4, 0.5) is 0 Å². The van der Waals surface area contributed by atoms with E-state index < -0.39 is 0 Å². The van der Waals surface area contributed by atoms with Gasteiger partial charge in [0, 0.05) is 24.7 Å². The maximum absolute atomic E-state index is 5.73. The predicted octanol–water partition coefficient (Wildman–Crippen LogP) is 2.53. The lowest BCUT2D eigenvalue weighted by molar-refractivity contribution is 0.471. The van der Waals surface area contributed by atoms with E-state index in [9.17, 15) is 0 Å². The van der Waals surface area contributed by atoms with Crippen LogP contribution in [0.5, 0.6) is 0 Å². The smallest absolute Gasteiger partial charge is 0.0596 e. The van der Waals surface area contributed by atoms with Gasteiger partial charge in [-0.3, -0.25) is 16.0 Å². The van der Waals surface area contributed by atoms with Gasteiger partial charge in [-0.15, -0.1) is 0 Å². The Morgan fingerprint density at radius 3 is 2.57 bits per heavy atom. The molecule has 0 bridgehead atoms. The summed E-state index contributed by atoms with van der Waals surface area (Å²) in [6.45, 7) is 7.17. The number of aromatic nitrogens is 2. The lowest BCUT2D eigenvalue weighted by atomic mass is 10.0. The van der Waals surface area contributed by atoms with E-state index in [2.05, 4.69) is 59.4 Å². The van der Waals surface area contributed by atoms with Crippen LogP contribution in [0.15, 0.2) is 30.3 Å². The van der Waals surface area contributed by atoms with Crippen molar-refractivity contribution in [3.8, 4) is 0 Å².